The normalized spacial score (nSPS) is 22.9. The van der Waals surface area contributed by atoms with Gasteiger partial charge in [0.2, 0.25) is 0 Å². The van der Waals surface area contributed by atoms with Gasteiger partial charge in [-0.15, -0.1) is 12.4 Å². The van der Waals surface area contributed by atoms with Gasteiger partial charge in [0.1, 0.15) is 0 Å². The van der Waals surface area contributed by atoms with Gasteiger partial charge < -0.3 is 9.80 Å². The van der Waals surface area contributed by atoms with Gasteiger partial charge in [-0.25, -0.2) is 0 Å². The largest absolute Gasteiger partial charge is 0.339 e. The highest BCUT2D eigenvalue weighted by atomic mass is 35.5. The molecule has 1 saturated carbocycles. The lowest BCUT2D eigenvalue weighted by atomic mass is 9.92. The van der Waals surface area contributed by atoms with Crippen LogP contribution in [0.1, 0.15) is 64.8 Å². The number of benzene rings is 2. The summed E-state index contributed by atoms with van der Waals surface area (Å²) in [5.74, 6) is 0.329. The number of hydrogen-bond donors (Lipinski definition) is 0. The summed E-state index contributed by atoms with van der Waals surface area (Å²) >= 11 is 0. The molecule has 1 unspecified atom stereocenters. The van der Waals surface area contributed by atoms with Gasteiger partial charge in [0.15, 0.2) is 0 Å². The second-order valence-electron chi connectivity index (χ2n) is 9.90. The standard InChI is InChI=1S/C27H31N3O2.ClH/c31-26(28-13-1-2-14-28)20-8-6-19(7-9-20)21-10-11-25-22(16-21)17-30(27(25)32)24-12-15-29(18-24)23-4-3-5-23;/h6-11,16,23-24H,1-5,12-15,17-18H2;1H. The van der Waals surface area contributed by atoms with E-state index >= 15 is 0 Å². The van der Waals surface area contributed by atoms with Crippen LogP contribution in [0.4, 0.5) is 0 Å². The van der Waals surface area contributed by atoms with Crippen LogP contribution in [0.5, 0.6) is 0 Å². The summed E-state index contributed by atoms with van der Waals surface area (Å²) in [5.41, 5.74) is 4.95. The van der Waals surface area contributed by atoms with Crippen molar-refractivity contribution in [3.8, 4) is 11.1 Å². The van der Waals surface area contributed by atoms with Crippen LogP contribution in [0, 0.1) is 0 Å². The maximum atomic E-state index is 13.1. The van der Waals surface area contributed by atoms with Crippen LogP contribution in [0.15, 0.2) is 42.5 Å². The summed E-state index contributed by atoms with van der Waals surface area (Å²) in [5, 5.41) is 0. The number of rotatable bonds is 4. The van der Waals surface area contributed by atoms with Crippen molar-refractivity contribution in [3.63, 3.8) is 0 Å². The third kappa shape index (κ3) is 4.06. The number of likely N-dealkylation sites (tertiary alicyclic amines) is 2. The zero-order valence-corrected chi connectivity index (χ0v) is 19.9. The third-order valence-electron chi connectivity index (χ3n) is 8.02. The summed E-state index contributed by atoms with van der Waals surface area (Å²) < 4.78 is 0. The van der Waals surface area contributed by atoms with E-state index in [1.807, 2.05) is 41.3 Å². The van der Waals surface area contributed by atoms with E-state index in [1.165, 1.54) is 19.3 Å². The summed E-state index contributed by atoms with van der Waals surface area (Å²) in [4.78, 5) is 32.4. The van der Waals surface area contributed by atoms with Gasteiger partial charge in [-0.2, -0.15) is 0 Å². The first-order chi connectivity index (χ1) is 15.7. The van der Waals surface area contributed by atoms with Crippen molar-refractivity contribution >= 4 is 24.2 Å². The summed E-state index contributed by atoms with van der Waals surface area (Å²) in [7, 11) is 0. The Labute approximate surface area is 202 Å². The van der Waals surface area contributed by atoms with Crippen molar-refractivity contribution in [1.29, 1.82) is 0 Å². The van der Waals surface area contributed by atoms with Crippen molar-refractivity contribution in [3.05, 3.63) is 59.2 Å². The number of carbonyl (C=O) groups is 2. The van der Waals surface area contributed by atoms with E-state index in [-0.39, 0.29) is 24.2 Å². The van der Waals surface area contributed by atoms with E-state index in [9.17, 15) is 9.59 Å². The predicted molar refractivity (Wildman–Crippen MR) is 132 cm³/mol. The number of hydrogen-bond acceptors (Lipinski definition) is 3. The average molecular weight is 466 g/mol. The zero-order valence-electron chi connectivity index (χ0n) is 19.0. The van der Waals surface area contributed by atoms with Gasteiger partial charge in [-0.1, -0.05) is 24.6 Å². The first kappa shape index (κ1) is 22.4. The third-order valence-corrected chi connectivity index (χ3v) is 8.02. The molecule has 0 bridgehead atoms. The van der Waals surface area contributed by atoms with Crippen LogP contribution in [0.2, 0.25) is 0 Å². The van der Waals surface area contributed by atoms with Crippen LogP contribution in [0.25, 0.3) is 11.1 Å². The Kier molecular flexibility index (Phi) is 6.19. The second-order valence-corrected chi connectivity index (χ2v) is 9.90. The Balaban J connectivity index is 0.00000228. The maximum absolute atomic E-state index is 13.1. The summed E-state index contributed by atoms with van der Waals surface area (Å²) in [6.45, 7) is 4.62. The molecule has 0 spiro atoms. The number of halogens is 1. The molecule has 1 aliphatic carbocycles. The monoisotopic (exact) mass is 465 g/mol. The van der Waals surface area contributed by atoms with Gasteiger partial charge in [-0.3, -0.25) is 14.5 Å². The highest BCUT2D eigenvalue weighted by molar-refractivity contribution is 5.99. The molecule has 0 N–H and O–H groups in total. The lowest BCUT2D eigenvalue weighted by Crippen LogP contribution is -2.42. The Morgan fingerprint density at radius 2 is 1.55 bits per heavy atom. The average Bonchev–Trinajstić information content (AvgIpc) is 3.53. The summed E-state index contributed by atoms with van der Waals surface area (Å²) in [6.07, 6.45) is 7.31. The molecule has 6 heteroatoms. The molecule has 2 amide bonds. The Morgan fingerprint density at radius 1 is 0.818 bits per heavy atom. The van der Waals surface area contributed by atoms with E-state index in [0.29, 0.717) is 6.04 Å². The molecule has 6 rings (SSSR count). The summed E-state index contributed by atoms with van der Waals surface area (Å²) in [6, 6.07) is 15.3. The lowest BCUT2D eigenvalue weighted by molar-refractivity contribution is 0.0689. The van der Waals surface area contributed by atoms with Crippen molar-refractivity contribution in [2.45, 2.75) is 57.2 Å². The molecular weight excluding hydrogens is 434 g/mol. The van der Waals surface area contributed by atoms with Crippen LogP contribution in [-0.4, -0.2) is 64.8 Å². The van der Waals surface area contributed by atoms with E-state index in [0.717, 1.165) is 85.8 Å². The fourth-order valence-electron chi connectivity index (χ4n) is 5.83. The fraction of sp³-hybridized carbons (Fsp3) is 0.481. The van der Waals surface area contributed by atoms with Crippen LogP contribution in [-0.2, 0) is 6.54 Å². The number of carbonyl (C=O) groups excluding carboxylic acids is 2. The number of amides is 2. The van der Waals surface area contributed by atoms with Crippen molar-refractivity contribution in [2.75, 3.05) is 26.2 Å². The number of nitrogens with zero attached hydrogens (tertiary/aromatic N) is 3. The second kappa shape index (κ2) is 9.11. The van der Waals surface area contributed by atoms with Crippen molar-refractivity contribution in [1.82, 2.24) is 14.7 Å². The fourth-order valence-corrected chi connectivity index (χ4v) is 5.83. The highest BCUT2D eigenvalue weighted by Crippen LogP contribution is 2.34. The highest BCUT2D eigenvalue weighted by Gasteiger charge is 2.39. The number of fused-ring (bicyclic) bond motifs is 1. The molecule has 0 aromatic heterocycles. The van der Waals surface area contributed by atoms with Gasteiger partial charge in [0, 0.05) is 55.9 Å². The minimum absolute atomic E-state index is 0. The molecule has 5 nitrogen and oxygen atoms in total. The molecule has 4 aliphatic rings. The van der Waals surface area contributed by atoms with E-state index in [2.05, 4.69) is 15.9 Å². The lowest BCUT2D eigenvalue weighted by Gasteiger charge is -2.35. The first-order valence-electron chi connectivity index (χ1n) is 12.2. The molecule has 0 radical (unpaired) electrons. The Hall–Kier alpha value is -2.37. The molecule has 3 fully saturated rings. The SMILES string of the molecule is Cl.O=C(c1ccc(-c2ccc3c(c2)CN(C2CCN(C4CCC4)C2)C3=O)cc1)N1CCCC1. The molecule has 2 saturated heterocycles. The molecule has 2 aromatic carbocycles. The van der Waals surface area contributed by atoms with E-state index in [4.69, 9.17) is 0 Å². The van der Waals surface area contributed by atoms with Crippen molar-refractivity contribution < 1.29 is 9.59 Å². The quantitative estimate of drug-likeness (QED) is 0.663. The first-order valence-corrected chi connectivity index (χ1v) is 12.2. The molecular formula is C27H32ClN3O2. The van der Waals surface area contributed by atoms with E-state index in [1.54, 1.807) is 0 Å². The predicted octanol–water partition coefficient (Wildman–Crippen LogP) is 4.59. The van der Waals surface area contributed by atoms with Crippen LogP contribution >= 0.6 is 12.4 Å². The molecule has 3 heterocycles. The maximum Gasteiger partial charge on any atom is 0.254 e. The topological polar surface area (TPSA) is 43.9 Å². The molecule has 33 heavy (non-hydrogen) atoms. The van der Waals surface area contributed by atoms with Gasteiger partial charge in [0.05, 0.1) is 0 Å². The molecule has 3 aliphatic heterocycles. The molecule has 1 atom stereocenters. The minimum atomic E-state index is 0. The molecule has 2 aromatic rings. The van der Waals surface area contributed by atoms with Gasteiger partial charge in [0.25, 0.3) is 11.8 Å². The van der Waals surface area contributed by atoms with Crippen molar-refractivity contribution in [2.24, 2.45) is 0 Å². The Morgan fingerprint density at radius 3 is 2.24 bits per heavy atom. The minimum Gasteiger partial charge on any atom is -0.339 e. The smallest absolute Gasteiger partial charge is 0.254 e. The van der Waals surface area contributed by atoms with Gasteiger partial charge >= 0.3 is 0 Å². The van der Waals surface area contributed by atoms with E-state index < -0.39 is 0 Å². The zero-order chi connectivity index (χ0) is 21.7. The van der Waals surface area contributed by atoms with Crippen LogP contribution < -0.4 is 0 Å². The van der Waals surface area contributed by atoms with Gasteiger partial charge in [-0.05, 0) is 73.1 Å². The van der Waals surface area contributed by atoms with Crippen LogP contribution in [0.3, 0.4) is 0 Å². The molecule has 174 valence electrons. The Bertz CT molecular complexity index is 1040.